The summed E-state index contributed by atoms with van der Waals surface area (Å²) in [7, 11) is -3.13. The van der Waals surface area contributed by atoms with Crippen LogP contribution in [0.2, 0.25) is 0 Å². The van der Waals surface area contributed by atoms with Crippen molar-refractivity contribution in [3.8, 4) is 0 Å². The first-order valence-electron chi connectivity index (χ1n) is 6.15. The second-order valence-electron chi connectivity index (χ2n) is 4.88. The minimum absolute atomic E-state index is 0.0811. The zero-order valence-electron chi connectivity index (χ0n) is 10.8. The SMILES string of the molecule is O=C(CC1CCCS(=O)(=O)C1)Nc1n[nH]c(C(F)(F)F)n1. The highest BCUT2D eigenvalue weighted by Crippen LogP contribution is 2.26. The summed E-state index contributed by atoms with van der Waals surface area (Å²) in [5.74, 6) is -2.69. The molecule has 0 aromatic carbocycles. The van der Waals surface area contributed by atoms with Crippen LogP contribution in [0.1, 0.15) is 25.1 Å². The first-order valence-corrected chi connectivity index (χ1v) is 7.98. The van der Waals surface area contributed by atoms with Crippen LogP contribution in [0.3, 0.4) is 0 Å². The van der Waals surface area contributed by atoms with Crippen molar-refractivity contribution < 1.29 is 26.4 Å². The van der Waals surface area contributed by atoms with E-state index in [1.54, 1.807) is 5.10 Å². The molecule has 7 nitrogen and oxygen atoms in total. The van der Waals surface area contributed by atoms with Crippen molar-refractivity contribution in [1.29, 1.82) is 0 Å². The standard InChI is InChI=1S/C10H13F3N4O3S/c11-10(12,13)8-15-9(17-16-8)14-7(18)4-6-2-1-3-21(19,20)5-6/h6H,1-5H2,(H2,14,15,16,17,18). The Morgan fingerprint density at radius 3 is 2.71 bits per heavy atom. The number of nitrogens with one attached hydrogen (secondary N) is 2. The number of H-pyrrole nitrogens is 1. The van der Waals surface area contributed by atoms with Gasteiger partial charge in [0.2, 0.25) is 17.7 Å². The maximum absolute atomic E-state index is 12.3. The van der Waals surface area contributed by atoms with E-state index in [1.165, 1.54) is 0 Å². The molecule has 118 valence electrons. The Labute approximate surface area is 118 Å². The summed E-state index contributed by atoms with van der Waals surface area (Å²) in [4.78, 5) is 14.8. The number of hydrogen-bond acceptors (Lipinski definition) is 5. The van der Waals surface area contributed by atoms with E-state index in [9.17, 15) is 26.4 Å². The van der Waals surface area contributed by atoms with Crippen LogP contribution < -0.4 is 5.32 Å². The van der Waals surface area contributed by atoms with Crippen LogP contribution in [0.4, 0.5) is 19.1 Å². The third-order valence-electron chi connectivity index (χ3n) is 3.04. The van der Waals surface area contributed by atoms with Crippen molar-refractivity contribution in [2.45, 2.75) is 25.4 Å². The minimum Gasteiger partial charge on any atom is -0.293 e. The Balaban J connectivity index is 1.91. The summed E-state index contributed by atoms with van der Waals surface area (Å²) in [5, 5.41) is 7.03. The van der Waals surface area contributed by atoms with Gasteiger partial charge in [-0.2, -0.15) is 18.2 Å². The molecule has 1 amide bonds. The van der Waals surface area contributed by atoms with Crippen LogP contribution in [0, 0.1) is 5.92 Å². The molecule has 2 rings (SSSR count). The Morgan fingerprint density at radius 2 is 2.14 bits per heavy atom. The zero-order chi connectivity index (χ0) is 15.7. The molecular formula is C10H13F3N4O3S. The van der Waals surface area contributed by atoms with Gasteiger partial charge in [-0.05, 0) is 18.8 Å². The van der Waals surface area contributed by atoms with Crippen molar-refractivity contribution >= 4 is 21.7 Å². The lowest BCUT2D eigenvalue weighted by molar-refractivity contribution is -0.144. The predicted molar refractivity (Wildman–Crippen MR) is 66.0 cm³/mol. The quantitative estimate of drug-likeness (QED) is 0.861. The Morgan fingerprint density at radius 1 is 1.43 bits per heavy atom. The Kier molecular flexibility index (Phi) is 4.21. The minimum atomic E-state index is -4.67. The molecule has 11 heteroatoms. The van der Waals surface area contributed by atoms with Crippen LogP contribution in [-0.4, -0.2) is 41.0 Å². The largest absolute Gasteiger partial charge is 0.451 e. The molecule has 1 aromatic heterocycles. The second kappa shape index (κ2) is 5.62. The average Bonchev–Trinajstić information content (AvgIpc) is 2.75. The average molecular weight is 326 g/mol. The lowest BCUT2D eigenvalue weighted by Gasteiger charge is -2.20. The summed E-state index contributed by atoms with van der Waals surface area (Å²) in [6.07, 6.45) is -3.68. The van der Waals surface area contributed by atoms with E-state index in [0.29, 0.717) is 12.8 Å². The maximum atomic E-state index is 12.3. The molecule has 0 saturated carbocycles. The number of halogens is 3. The van der Waals surface area contributed by atoms with Gasteiger partial charge in [0.15, 0.2) is 9.84 Å². The third-order valence-corrected chi connectivity index (χ3v) is 4.93. The van der Waals surface area contributed by atoms with Crippen molar-refractivity contribution in [3.05, 3.63) is 5.82 Å². The molecule has 1 fully saturated rings. The molecule has 0 bridgehead atoms. The van der Waals surface area contributed by atoms with Crippen LogP contribution in [0.5, 0.6) is 0 Å². The van der Waals surface area contributed by atoms with Gasteiger partial charge in [-0.25, -0.2) is 8.42 Å². The molecule has 0 radical (unpaired) electrons. The molecule has 2 N–H and O–H groups in total. The van der Waals surface area contributed by atoms with E-state index in [1.807, 2.05) is 0 Å². The van der Waals surface area contributed by atoms with E-state index in [4.69, 9.17) is 0 Å². The van der Waals surface area contributed by atoms with Gasteiger partial charge >= 0.3 is 6.18 Å². The Hall–Kier alpha value is -1.65. The fourth-order valence-electron chi connectivity index (χ4n) is 2.16. The van der Waals surface area contributed by atoms with Gasteiger partial charge in [-0.3, -0.25) is 15.2 Å². The third kappa shape index (κ3) is 4.41. The smallest absolute Gasteiger partial charge is 0.293 e. The second-order valence-corrected chi connectivity index (χ2v) is 7.11. The number of nitrogens with zero attached hydrogens (tertiary/aromatic N) is 2. The van der Waals surface area contributed by atoms with Gasteiger partial charge in [0.25, 0.3) is 0 Å². The highest BCUT2D eigenvalue weighted by molar-refractivity contribution is 7.91. The molecule has 1 aliphatic rings. The summed E-state index contributed by atoms with van der Waals surface area (Å²) in [5.41, 5.74) is 0. The summed E-state index contributed by atoms with van der Waals surface area (Å²) in [6.45, 7) is 0. The number of rotatable bonds is 3. The number of alkyl halides is 3. The highest BCUT2D eigenvalue weighted by atomic mass is 32.2. The Bertz CT molecular complexity index is 626. The maximum Gasteiger partial charge on any atom is 0.451 e. The number of aromatic nitrogens is 3. The van der Waals surface area contributed by atoms with Crippen molar-refractivity contribution in [3.63, 3.8) is 0 Å². The predicted octanol–water partition coefficient (Wildman–Crippen LogP) is 0.977. The van der Waals surface area contributed by atoms with Gasteiger partial charge in [-0.1, -0.05) is 0 Å². The molecule has 2 heterocycles. The molecule has 1 aromatic rings. The number of sulfone groups is 1. The molecule has 21 heavy (non-hydrogen) atoms. The zero-order valence-corrected chi connectivity index (χ0v) is 11.6. The molecular weight excluding hydrogens is 313 g/mol. The lowest BCUT2D eigenvalue weighted by Crippen LogP contribution is -2.28. The van der Waals surface area contributed by atoms with Crippen LogP contribution in [0.25, 0.3) is 0 Å². The monoisotopic (exact) mass is 326 g/mol. The van der Waals surface area contributed by atoms with Crippen LogP contribution in [0.15, 0.2) is 0 Å². The van der Waals surface area contributed by atoms with Gasteiger partial charge in [-0.15, -0.1) is 5.10 Å². The van der Waals surface area contributed by atoms with Crippen LogP contribution in [-0.2, 0) is 20.8 Å². The van der Waals surface area contributed by atoms with Crippen molar-refractivity contribution in [2.24, 2.45) is 5.92 Å². The van der Waals surface area contributed by atoms with Gasteiger partial charge in [0.1, 0.15) is 0 Å². The van der Waals surface area contributed by atoms with Gasteiger partial charge in [0, 0.05) is 6.42 Å². The van der Waals surface area contributed by atoms with Gasteiger partial charge < -0.3 is 0 Å². The number of amides is 1. The van der Waals surface area contributed by atoms with E-state index in [0.717, 1.165) is 0 Å². The summed E-state index contributed by atoms with van der Waals surface area (Å²) in [6, 6.07) is 0. The molecule has 0 aliphatic carbocycles. The van der Waals surface area contributed by atoms with Crippen molar-refractivity contribution in [1.82, 2.24) is 15.2 Å². The molecule has 1 atom stereocenters. The molecule has 0 spiro atoms. The summed E-state index contributed by atoms with van der Waals surface area (Å²) < 4.78 is 59.7. The van der Waals surface area contributed by atoms with E-state index in [2.05, 4.69) is 15.4 Å². The number of hydrogen-bond donors (Lipinski definition) is 2. The normalized spacial score (nSPS) is 22.0. The fourth-order valence-corrected chi connectivity index (χ4v) is 3.94. The first kappa shape index (κ1) is 15.7. The first-order chi connectivity index (χ1) is 9.66. The van der Waals surface area contributed by atoms with E-state index < -0.39 is 33.7 Å². The molecule has 1 unspecified atom stereocenters. The highest BCUT2D eigenvalue weighted by Gasteiger charge is 2.35. The number of carbonyl (C=O) groups is 1. The topological polar surface area (TPSA) is 105 Å². The van der Waals surface area contributed by atoms with E-state index >= 15 is 0 Å². The number of anilines is 1. The van der Waals surface area contributed by atoms with E-state index in [-0.39, 0.29) is 23.8 Å². The molecule has 1 aliphatic heterocycles. The van der Waals surface area contributed by atoms with Crippen molar-refractivity contribution in [2.75, 3.05) is 16.8 Å². The number of carbonyl (C=O) groups excluding carboxylic acids is 1. The lowest BCUT2D eigenvalue weighted by atomic mass is 10.0. The number of aromatic amines is 1. The molecule has 1 saturated heterocycles. The van der Waals surface area contributed by atoms with Crippen LogP contribution >= 0.6 is 0 Å². The summed E-state index contributed by atoms with van der Waals surface area (Å²) >= 11 is 0. The fraction of sp³-hybridized carbons (Fsp3) is 0.700. The van der Waals surface area contributed by atoms with Gasteiger partial charge in [0.05, 0.1) is 11.5 Å².